The zero-order chi connectivity index (χ0) is 15.7. The van der Waals surface area contributed by atoms with Gasteiger partial charge in [-0.3, -0.25) is 4.79 Å². The van der Waals surface area contributed by atoms with Crippen LogP contribution in [0, 0.1) is 12.7 Å². The Morgan fingerprint density at radius 3 is 2.86 bits per heavy atom. The van der Waals surface area contributed by atoms with Crippen LogP contribution in [0.3, 0.4) is 0 Å². The maximum absolute atomic E-state index is 13.9. The molecule has 0 atom stereocenters. The van der Waals surface area contributed by atoms with Crippen LogP contribution in [0.4, 0.5) is 15.8 Å². The van der Waals surface area contributed by atoms with Gasteiger partial charge in [-0.1, -0.05) is 12.1 Å². The Bertz CT molecular complexity index is 733. The van der Waals surface area contributed by atoms with E-state index in [9.17, 15) is 9.18 Å². The van der Waals surface area contributed by atoms with Gasteiger partial charge in [-0.2, -0.15) is 0 Å². The lowest BCUT2D eigenvalue weighted by atomic mass is 10.1. The first-order chi connectivity index (χ1) is 10.6. The van der Waals surface area contributed by atoms with Crippen LogP contribution in [0.2, 0.25) is 0 Å². The Morgan fingerprint density at radius 2 is 2.09 bits per heavy atom. The second-order valence-corrected chi connectivity index (χ2v) is 6.12. The number of thioether (sulfide) groups is 1. The Hall–Kier alpha value is -2.01. The van der Waals surface area contributed by atoms with Gasteiger partial charge in [0.2, 0.25) is 0 Å². The Morgan fingerprint density at radius 1 is 1.27 bits per heavy atom. The van der Waals surface area contributed by atoms with Gasteiger partial charge in [-0.05, 0) is 43.0 Å². The molecule has 0 saturated heterocycles. The summed E-state index contributed by atoms with van der Waals surface area (Å²) in [6.07, 6.45) is 2.03. The number of Topliss-reactive ketones (excluding diaryl/α,β-unsaturated/α-hetero) is 1. The molecule has 22 heavy (non-hydrogen) atoms. The van der Waals surface area contributed by atoms with Gasteiger partial charge >= 0.3 is 0 Å². The van der Waals surface area contributed by atoms with Crippen LogP contribution < -0.4 is 10.2 Å². The summed E-state index contributed by atoms with van der Waals surface area (Å²) in [6, 6.07) is 10.8. The normalized spacial score (nSPS) is 14.3. The van der Waals surface area contributed by atoms with Crippen molar-refractivity contribution in [2.24, 2.45) is 0 Å². The van der Waals surface area contributed by atoms with Gasteiger partial charge in [0, 0.05) is 16.3 Å². The van der Waals surface area contributed by atoms with Crippen molar-refractivity contribution in [1.82, 2.24) is 0 Å². The second-order valence-electron chi connectivity index (χ2n) is 5.27. The molecule has 0 spiro atoms. The molecule has 0 bridgehead atoms. The number of nitrogens with zero attached hydrogens (tertiary/aromatic N) is 1. The van der Waals surface area contributed by atoms with Crippen molar-refractivity contribution < 1.29 is 9.18 Å². The number of aryl methyl sites for hydroxylation is 1. The van der Waals surface area contributed by atoms with E-state index in [2.05, 4.69) is 18.3 Å². The summed E-state index contributed by atoms with van der Waals surface area (Å²) in [5.41, 5.74) is 2.88. The zero-order valence-electron chi connectivity index (χ0n) is 12.5. The van der Waals surface area contributed by atoms with E-state index >= 15 is 0 Å². The summed E-state index contributed by atoms with van der Waals surface area (Å²) in [7, 11) is 0. The summed E-state index contributed by atoms with van der Waals surface area (Å²) < 4.78 is 13.9. The minimum Gasteiger partial charge on any atom is -0.367 e. The van der Waals surface area contributed by atoms with Crippen molar-refractivity contribution in [3.63, 3.8) is 0 Å². The quantitative estimate of drug-likeness (QED) is 0.851. The van der Waals surface area contributed by atoms with Gasteiger partial charge < -0.3 is 10.2 Å². The lowest BCUT2D eigenvalue weighted by Crippen LogP contribution is -2.31. The first-order valence-electron chi connectivity index (χ1n) is 7.05. The van der Waals surface area contributed by atoms with Gasteiger partial charge in [-0.15, -0.1) is 11.8 Å². The van der Waals surface area contributed by atoms with E-state index in [-0.39, 0.29) is 17.9 Å². The number of carbonyl (C=O) groups is 1. The van der Waals surface area contributed by atoms with Crippen LogP contribution in [0.15, 0.2) is 41.3 Å². The molecule has 1 aliphatic heterocycles. The van der Waals surface area contributed by atoms with Gasteiger partial charge in [0.1, 0.15) is 5.82 Å². The molecular formula is C17H17FN2OS. The van der Waals surface area contributed by atoms with Crippen molar-refractivity contribution in [3.05, 3.63) is 53.3 Å². The number of benzene rings is 2. The van der Waals surface area contributed by atoms with Crippen LogP contribution in [0.1, 0.15) is 15.9 Å². The molecule has 0 aromatic heterocycles. The van der Waals surface area contributed by atoms with Crippen molar-refractivity contribution in [1.29, 1.82) is 0 Å². The van der Waals surface area contributed by atoms with Crippen molar-refractivity contribution in [2.45, 2.75) is 11.8 Å². The Kier molecular flexibility index (Phi) is 4.07. The molecule has 0 fully saturated rings. The standard InChI is InChI=1S/C17H17FN2OS/c1-11-6-7-12(8-16(11)22-2)20-9-15(21)17-13(18)4-3-5-14(17)19-10-20/h3-8,19H,9-10H2,1-2H3. The number of rotatable bonds is 2. The number of nitrogens with one attached hydrogen (secondary N) is 1. The monoisotopic (exact) mass is 316 g/mol. The molecule has 5 heteroatoms. The van der Waals surface area contributed by atoms with E-state index in [1.165, 1.54) is 16.5 Å². The van der Waals surface area contributed by atoms with Gasteiger partial charge in [0.15, 0.2) is 5.78 Å². The molecule has 1 aliphatic rings. The molecule has 114 valence electrons. The highest BCUT2D eigenvalue weighted by Crippen LogP contribution is 2.28. The van der Waals surface area contributed by atoms with E-state index in [1.807, 2.05) is 23.3 Å². The summed E-state index contributed by atoms with van der Waals surface area (Å²) in [5.74, 6) is -0.671. The molecule has 0 radical (unpaired) electrons. The molecule has 0 amide bonds. The highest BCUT2D eigenvalue weighted by Gasteiger charge is 2.23. The van der Waals surface area contributed by atoms with Crippen LogP contribution >= 0.6 is 11.8 Å². The zero-order valence-corrected chi connectivity index (χ0v) is 13.3. The Balaban J connectivity index is 1.93. The predicted octanol–water partition coefficient (Wildman–Crippen LogP) is 3.93. The second kappa shape index (κ2) is 6.01. The topological polar surface area (TPSA) is 32.3 Å². The maximum Gasteiger partial charge on any atom is 0.187 e. The number of ketones is 1. The molecule has 2 aromatic rings. The predicted molar refractivity (Wildman–Crippen MR) is 89.5 cm³/mol. The SMILES string of the molecule is CSc1cc(N2CNc3cccc(F)c3C(=O)C2)ccc1C. The molecule has 0 unspecified atom stereocenters. The number of carbonyl (C=O) groups excluding carboxylic acids is 1. The van der Waals surface area contributed by atoms with Crippen molar-refractivity contribution in [2.75, 3.05) is 29.7 Å². The highest BCUT2D eigenvalue weighted by atomic mass is 32.2. The van der Waals surface area contributed by atoms with Crippen LogP contribution in [0.5, 0.6) is 0 Å². The van der Waals surface area contributed by atoms with Gasteiger partial charge in [0.25, 0.3) is 0 Å². The molecule has 2 aromatic carbocycles. The van der Waals surface area contributed by atoms with E-state index in [0.717, 1.165) is 5.69 Å². The van der Waals surface area contributed by atoms with Crippen LogP contribution in [-0.2, 0) is 0 Å². The summed E-state index contributed by atoms with van der Waals surface area (Å²) >= 11 is 1.68. The van der Waals surface area contributed by atoms with E-state index in [0.29, 0.717) is 12.4 Å². The van der Waals surface area contributed by atoms with Crippen molar-refractivity contribution >= 4 is 28.9 Å². The molecule has 3 nitrogen and oxygen atoms in total. The number of hydrogen-bond acceptors (Lipinski definition) is 4. The molecule has 1 N–H and O–H groups in total. The van der Waals surface area contributed by atoms with Crippen LogP contribution in [-0.4, -0.2) is 25.3 Å². The average molecular weight is 316 g/mol. The molecule has 0 aliphatic carbocycles. The summed E-state index contributed by atoms with van der Waals surface area (Å²) in [4.78, 5) is 15.5. The van der Waals surface area contributed by atoms with Gasteiger partial charge in [0.05, 0.1) is 18.8 Å². The van der Waals surface area contributed by atoms with E-state index < -0.39 is 5.82 Å². The van der Waals surface area contributed by atoms with Crippen molar-refractivity contribution in [3.8, 4) is 0 Å². The fourth-order valence-electron chi connectivity index (χ4n) is 2.63. The number of hydrogen-bond donors (Lipinski definition) is 1. The molecular weight excluding hydrogens is 299 g/mol. The first kappa shape index (κ1) is 14.9. The smallest absolute Gasteiger partial charge is 0.187 e. The molecule has 1 heterocycles. The maximum atomic E-state index is 13.9. The third-order valence-corrected chi connectivity index (χ3v) is 4.72. The Labute approximate surface area is 133 Å². The number of halogens is 1. The summed E-state index contributed by atoms with van der Waals surface area (Å²) in [6.45, 7) is 2.70. The van der Waals surface area contributed by atoms with Crippen LogP contribution in [0.25, 0.3) is 0 Å². The average Bonchev–Trinajstić information content (AvgIpc) is 2.68. The lowest BCUT2D eigenvalue weighted by Gasteiger charge is -2.23. The third kappa shape index (κ3) is 2.68. The molecule has 0 saturated carbocycles. The fraction of sp³-hybridized carbons (Fsp3) is 0.235. The third-order valence-electron chi connectivity index (χ3n) is 3.84. The van der Waals surface area contributed by atoms with E-state index in [4.69, 9.17) is 0 Å². The largest absolute Gasteiger partial charge is 0.367 e. The molecule has 3 rings (SSSR count). The number of anilines is 2. The fourth-order valence-corrected chi connectivity index (χ4v) is 3.26. The van der Waals surface area contributed by atoms with E-state index in [1.54, 1.807) is 23.9 Å². The first-order valence-corrected chi connectivity index (χ1v) is 8.28. The highest BCUT2D eigenvalue weighted by molar-refractivity contribution is 7.98. The van der Waals surface area contributed by atoms with Gasteiger partial charge in [-0.25, -0.2) is 4.39 Å². The lowest BCUT2D eigenvalue weighted by molar-refractivity contribution is 0.0998. The minimum absolute atomic E-state index is 0.155. The number of fused-ring (bicyclic) bond motifs is 1. The summed E-state index contributed by atoms with van der Waals surface area (Å²) in [5, 5.41) is 3.16. The minimum atomic E-state index is -0.467.